The highest BCUT2D eigenvalue weighted by Gasteiger charge is 2.13. The number of aromatic nitrogens is 2. The molecule has 0 saturated carbocycles. The Kier molecular flexibility index (Phi) is 1.46. The molecule has 3 nitrogen and oxygen atoms in total. The highest BCUT2D eigenvalue weighted by molar-refractivity contribution is 5.40. The summed E-state index contributed by atoms with van der Waals surface area (Å²) in [4.78, 5) is 4.36. The van der Waals surface area contributed by atoms with E-state index in [0.717, 1.165) is 17.0 Å². The van der Waals surface area contributed by atoms with Crippen molar-refractivity contribution in [2.75, 3.05) is 0 Å². The van der Waals surface area contributed by atoms with Crippen molar-refractivity contribution in [2.45, 2.75) is 26.7 Å². The van der Waals surface area contributed by atoms with Crippen LogP contribution in [0.15, 0.2) is 16.9 Å². The summed E-state index contributed by atoms with van der Waals surface area (Å²) >= 11 is 0. The van der Waals surface area contributed by atoms with Crippen LogP contribution in [0.1, 0.15) is 31.2 Å². The molecular formula is C9H12N2O. The van der Waals surface area contributed by atoms with Crippen LogP contribution in [-0.4, -0.2) is 9.56 Å². The number of hydrogen-bond acceptors (Lipinski definition) is 2. The van der Waals surface area contributed by atoms with Crippen molar-refractivity contribution in [1.29, 1.82) is 0 Å². The number of rotatable bonds is 1. The van der Waals surface area contributed by atoms with Crippen molar-refractivity contribution in [2.24, 2.45) is 0 Å². The molecule has 2 rings (SSSR count). The molecule has 0 aromatic carbocycles. The fourth-order valence-electron chi connectivity index (χ4n) is 1.57. The first-order valence-corrected chi connectivity index (χ1v) is 4.13. The highest BCUT2D eigenvalue weighted by atomic mass is 16.5. The average Bonchev–Trinajstić information content (AvgIpc) is 2.44. The molecule has 0 aliphatic carbocycles. The third-order valence-electron chi connectivity index (χ3n) is 2.01. The van der Waals surface area contributed by atoms with E-state index in [2.05, 4.69) is 18.8 Å². The lowest BCUT2D eigenvalue weighted by Gasteiger charge is -2.02. The molecule has 64 valence electrons. The quantitative estimate of drug-likeness (QED) is 0.647. The lowest BCUT2D eigenvalue weighted by atomic mass is 10.1. The summed E-state index contributed by atoms with van der Waals surface area (Å²) in [6, 6.07) is 1.87. The van der Waals surface area contributed by atoms with Gasteiger partial charge in [-0.25, -0.2) is 4.98 Å². The van der Waals surface area contributed by atoms with Crippen molar-refractivity contribution in [3.8, 4) is 0 Å². The molecule has 0 bridgehead atoms. The second-order valence-electron chi connectivity index (χ2n) is 3.30. The molecule has 0 saturated heterocycles. The molecule has 0 atom stereocenters. The summed E-state index contributed by atoms with van der Waals surface area (Å²) in [5.74, 6) is 0.450. The molecule has 2 aromatic rings. The fraction of sp³-hybridized carbons (Fsp3) is 0.444. The summed E-state index contributed by atoms with van der Waals surface area (Å²) < 4.78 is 7.08. The lowest BCUT2D eigenvalue weighted by molar-refractivity contribution is 0.361. The maximum Gasteiger partial charge on any atom is 0.172 e. The number of imidazole rings is 1. The van der Waals surface area contributed by atoms with E-state index in [1.807, 2.05) is 13.0 Å². The van der Waals surface area contributed by atoms with Gasteiger partial charge in [0.1, 0.15) is 6.26 Å². The molecule has 0 aliphatic heterocycles. The van der Waals surface area contributed by atoms with Gasteiger partial charge in [-0.15, -0.1) is 0 Å². The van der Waals surface area contributed by atoms with Crippen LogP contribution < -0.4 is 0 Å². The van der Waals surface area contributed by atoms with E-state index in [0.29, 0.717) is 5.92 Å². The molecule has 0 aliphatic rings. The molecule has 0 fully saturated rings. The normalized spacial score (nSPS) is 11.7. The fourth-order valence-corrected chi connectivity index (χ4v) is 1.57. The Morgan fingerprint density at radius 3 is 2.92 bits per heavy atom. The number of hydrogen-bond donors (Lipinski definition) is 0. The van der Waals surface area contributed by atoms with Crippen molar-refractivity contribution in [1.82, 2.24) is 9.56 Å². The van der Waals surface area contributed by atoms with E-state index in [1.54, 1.807) is 10.8 Å². The lowest BCUT2D eigenvalue weighted by Crippen LogP contribution is -1.94. The first-order chi connectivity index (χ1) is 5.70. The van der Waals surface area contributed by atoms with Gasteiger partial charge in [-0.05, 0) is 12.8 Å². The number of nitrogens with zero attached hydrogens (tertiary/aromatic N) is 2. The SMILES string of the molecule is Cc1nc2ccon2c1C(C)C. The molecule has 12 heavy (non-hydrogen) atoms. The van der Waals surface area contributed by atoms with E-state index in [1.165, 1.54) is 0 Å². The Bertz CT molecular complexity index is 397. The third-order valence-corrected chi connectivity index (χ3v) is 2.01. The monoisotopic (exact) mass is 164 g/mol. The van der Waals surface area contributed by atoms with Gasteiger partial charge in [-0.3, -0.25) is 0 Å². The van der Waals surface area contributed by atoms with Gasteiger partial charge in [0, 0.05) is 6.07 Å². The van der Waals surface area contributed by atoms with E-state index in [9.17, 15) is 0 Å². The summed E-state index contributed by atoms with van der Waals surface area (Å²) in [5, 5.41) is 0. The Morgan fingerprint density at radius 2 is 2.25 bits per heavy atom. The third kappa shape index (κ3) is 0.858. The zero-order valence-corrected chi connectivity index (χ0v) is 7.53. The van der Waals surface area contributed by atoms with Crippen molar-refractivity contribution in [3.63, 3.8) is 0 Å². The summed E-state index contributed by atoms with van der Waals surface area (Å²) in [7, 11) is 0. The molecular weight excluding hydrogens is 152 g/mol. The standard InChI is InChI=1S/C9H12N2O/c1-6(2)9-7(3)10-8-4-5-12-11(8)9/h4-6H,1-3H3. The zero-order valence-electron chi connectivity index (χ0n) is 7.53. The van der Waals surface area contributed by atoms with Gasteiger partial charge >= 0.3 is 0 Å². The maximum atomic E-state index is 5.29. The minimum absolute atomic E-state index is 0.450. The smallest absolute Gasteiger partial charge is 0.172 e. The molecule has 0 radical (unpaired) electrons. The number of fused-ring (bicyclic) bond motifs is 1. The van der Waals surface area contributed by atoms with Gasteiger partial charge in [-0.1, -0.05) is 13.8 Å². The topological polar surface area (TPSA) is 30.4 Å². The van der Waals surface area contributed by atoms with Crippen LogP contribution in [0.5, 0.6) is 0 Å². The Labute approximate surface area is 71.0 Å². The molecule has 2 aromatic heterocycles. The zero-order chi connectivity index (χ0) is 8.72. The molecule has 2 heterocycles. The number of aryl methyl sites for hydroxylation is 1. The van der Waals surface area contributed by atoms with Gasteiger partial charge < -0.3 is 4.52 Å². The van der Waals surface area contributed by atoms with E-state index in [4.69, 9.17) is 4.52 Å². The molecule has 0 spiro atoms. The Hall–Kier alpha value is -1.25. The van der Waals surface area contributed by atoms with Crippen LogP contribution in [0.25, 0.3) is 5.65 Å². The van der Waals surface area contributed by atoms with Crippen LogP contribution in [-0.2, 0) is 0 Å². The van der Waals surface area contributed by atoms with Gasteiger partial charge in [0.25, 0.3) is 0 Å². The Morgan fingerprint density at radius 1 is 1.50 bits per heavy atom. The van der Waals surface area contributed by atoms with Crippen LogP contribution in [0.2, 0.25) is 0 Å². The summed E-state index contributed by atoms with van der Waals surface area (Å²) in [5.41, 5.74) is 3.12. The van der Waals surface area contributed by atoms with Crippen molar-refractivity contribution >= 4 is 5.65 Å². The first kappa shape index (κ1) is 7.40. The van der Waals surface area contributed by atoms with Gasteiger partial charge in [0.2, 0.25) is 0 Å². The molecule has 0 unspecified atom stereocenters. The highest BCUT2D eigenvalue weighted by Crippen LogP contribution is 2.20. The predicted octanol–water partition coefficient (Wildman–Crippen LogP) is 2.36. The molecule has 0 amide bonds. The van der Waals surface area contributed by atoms with Crippen molar-refractivity contribution in [3.05, 3.63) is 23.7 Å². The first-order valence-electron chi connectivity index (χ1n) is 4.13. The van der Waals surface area contributed by atoms with E-state index < -0.39 is 0 Å². The maximum absolute atomic E-state index is 5.29. The second-order valence-corrected chi connectivity index (χ2v) is 3.30. The van der Waals surface area contributed by atoms with Gasteiger partial charge in [0.15, 0.2) is 5.65 Å². The second kappa shape index (κ2) is 2.37. The van der Waals surface area contributed by atoms with Crippen LogP contribution in [0.4, 0.5) is 0 Å². The molecule has 0 N–H and O–H groups in total. The minimum Gasteiger partial charge on any atom is -0.381 e. The predicted molar refractivity (Wildman–Crippen MR) is 46.3 cm³/mol. The average molecular weight is 164 g/mol. The van der Waals surface area contributed by atoms with E-state index in [-0.39, 0.29) is 0 Å². The summed E-state index contributed by atoms with van der Waals surface area (Å²) in [6.45, 7) is 6.29. The van der Waals surface area contributed by atoms with Gasteiger partial charge in [0.05, 0.1) is 11.4 Å². The van der Waals surface area contributed by atoms with Gasteiger partial charge in [-0.2, -0.15) is 4.57 Å². The van der Waals surface area contributed by atoms with Crippen molar-refractivity contribution < 1.29 is 4.52 Å². The van der Waals surface area contributed by atoms with Crippen LogP contribution >= 0.6 is 0 Å². The minimum atomic E-state index is 0.450. The van der Waals surface area contributed by atoms with Crippen LogP contribution in [0.3, 0.4) is 0 Å². The van der Waals surface area contributed by atoms with E-state index >= 15 is 0 Å². The molecule has 3 heteroatoms. The summed E-state index contributed by atoms with van der Waals surface area (Å²) in [6.07, 6.45) is 1.66. The van der Waals surface area contributed by atoms with Crippen LogP contribution in [0, 0.1) is 6.92 Å². The largest absolute Gasteiger partial charge is 0.381 e. The Balaban J connectivity index is 2.76.